The molecule has 1 aromatic rings. The summed E-state index contributed by atoms with van der Waals surface area (Å²) >= 11 is 0. The number of aryl methyl sites for hydroxylation is 1. The Morgan fingerprint density at radius 1 is 1.20 bits per heavy atom. The van der Waals surface area contributed by atoms with Crippen molar-refractivity contribution in [1.82, 2.24) is 9.97 Å². The van der Waals surface area contributed by atoms with Crippen LogP contribution >= 0.6 is 0 Å². The molecule has 15 heavy (non-hydrogen) atoms. The lowest BCUT2D eigenvalue weighted by Gasteiger charge is -2.01. The molecule has 0 fully saturated rings. The second-order valence-corrected chi connectivity index (χ2v) is 2.58. The highest BCUT2D eigenvalue weighted by molar-refractivity contribution is 5.68. The standard InChI is InChI=1S/C10H13N3.C2H6/c1-4-6-9-10(11-5-2)8(3)12-7-13-9;1-2/h4-7H,1-3H3;1-2H3/b6-4-,11-5?;. The molecule has 82 valence electrons. The van der Waals surface area contributed by atoms with Crippen molar-refractivity contribution in [3.05, 3.63) is 23.8 Å². The number of aliphatic imine (C=N–C) groups is 1. The topological polar surface area (TPSA) is 38.1 Å². The van der Waals surface area contributed by atoms with Crippen LogP contribution in [0.25, 0.3) is 6.08 Å². The molecule has 3 heteroatoms. The van der Waals surface area contributed by atoms with E-state index in [9.17, 15) is 0 Å². The monoisotopic (exact) mass is 205 g/mol. The van der Waals surface area contributed by atoms with E-state index in [0.717, 1.165) is 17.1 Å². The largest absolute Gasteiger partial charge is 0.257 e. The van der Waals surface area contributed by atoms with Gasteiger partial charge in [-0.15, -0.1) is 0 Å². The third-order valence-electron chi connectivity index (χ3n) is 1.62. The molecule has 0 saturated carbocycles. The lowest BCUT2D eigenvalue weighted by Crippen LogP contribution is -1.89. The molecule has 0 spiro atoms. The van der Waals surface area contributed by atoms with Crippen LogP contribution in [0.2, 0.25) is 0 Å². The molecular weight excluding hydrogens is 186 g/mol. The molecule has 0 atom stereocenters. The Morgan fingerprint density at radius 3 is 2.40 bits per heavy atom. The molecule has 0 radical (unpaired) electrons. The van der Waals surface area contributed by atoms with Crippen molar-refractivity contribution in [2.45, 2.75) is 34.6 Å². The lowest BCUT2D eigenvalue weighted by atomic mass is 10.2. The van der Waals surface area contributed by atoms with Crippen molar-refractivity contribution in [3.8, 4) is 0 Å². The van der Waals surface area contributed by atoms with Crippen LogP contribution in [0, 0.1) is 6.92 Å². The van der Waals surface area contributed by atoms with Crippen molar-refractivity contribution < 1.29 is 0 Å². The highest BCUT2D eigenvalue weighted by Gasteiger charge is 2.02. The van der Waals surface area contributed by atoms with Gasteiger partial charge in [-0.25, -0.2) is 9.97 Å². The maximum atomic E-state index is 4.22. The van der Waals surface area contributed by atoms with Gasteiger partial charge in [0.1, 0.15) is 12.0 Å². The fourth-order valence-corrected chi connectivity index (χ4v) is 1.05. The lowest BCUT2D eigenvalue weighted by molar-refractivity contribution is 1.08. The number of nitrogens with zero attached hydrogens (tertiary/aromatic N) is 3. The zero-order chi connectivity index (χ0) is 11.7. The van der Waals surface area contributed by atoms with Crippen LogP contribution in [0.15, 0.2) is 17.4 Å². The summed E-state index contributed by atoms with van der Waals surface area (Å²) in [6, 6.07) is 0. The van der Waals surface area contributed by atoms with Crippen LogP contribution in [0.1, 0.15) is 39.1 Å². The normalized spacial score (nSPS) is 10.5. The van der Waals surface area contributed by atoms with E-state index < -0.39 is 0 Å². The SMILES string of the molecule is CC.CC=Nc1c(C)ncnc1/C=C\C. The van der Waals surface area contributed by atoms with Crippen molar-refractivity contribution in [2.24, 2.45) is 4.99 Å². The summed E-state index contributed by atoms with van der Waals surface area (Å²) in [4.78, 5) is 12.4. The first kappa shape index (κ1) is 13.5. The quantitative estimate of drug-likeness (QED) is 0.692. The summed E-state index contributed by atoms with van der Waals surface area (Å²) < 4.78 is 0. The highest BCUT2D eigenvalue weighted by atomic mass is 14.9. The van der Waals surface area contributed by atoms with Gasteiger partial charge in [0.15, 0.2) is 0 Å². The molecule has 0 aliphatic heterocycles. The average molecular weight is 205 g/mol. The van der Waals surface area contributed by atoms with Gasteiger partial charge >= 0.3 is 0 Å². The van der Waals surface area contributed by atoms with E-state index in [1.54, 1.807) is 12.5 Å². The van der Waals surface area contributed by atoms with Crippen LogP contribution in [-0.4, -0.2) is 16.2 Å². The van der Waals surface area contributed by atoms with Crippen molar-refractivity contribution in [2.75, 3.05) is 0 Å². The van der Waals surface area contributed by atoms with Gasteiger partial charge in [0.2, 0.25) is 0 Å². The Balaban J connectivity index is 0.000000921. The van der Waals surface area contributed by atoms with Crippen LogP contribution in [0.3, 0.4) is 0 Å². The van der Waals surface area contributed by atoms with E-state index in [2.05, 4.69) is 15.0 Å². The molecule has 1 rings (SSSR count). The third kappa shape index (κ3) is 4.02. The van der Waals surface area contributed by atoms with Crippen molar-refractivity contribution in [1.29, 1.82) is 0 Å². The number of hydrogen-bond donors (Lipinski definition) is 0. The van der Waals surface area contributed by atoms with E-state index in [-0.39, 0.29) is 0 Å². The van der Waals surface area contributed by atoms with E-state index in [0.29, 0.717) is 0 Å². The third-order valence-corrected chi connectivity index (χ3v) is 1.62. The first-order valence-electron chi connectivity index (χ1n) is 5.22. The summed E-state index contributed by atoms with van der Waals surface area (Å²) in [7, 11) is 0. The molecule has 0 aliphatic carbocycles. The summed E-state index contributed by atoms with van der Waals surface area (Å²) in [5, 5.41) is 0. The van der Waals surface area contributed by atoms with E-state index in [1.165, 1.54) is 0 Å². The maximum absolute atomic E-state index is 4.22. The van der Waals surface area contributed by atoms with Gasteiger partial charge in [0.25, 0.3) is 0 Å². The summed E-state index contributed by atoms with van der Waals surface area (Å²) in [6.07, 6.45) is 7.17. The predicted molar refractivity (Wildman–Crippen MR) is 66.7 cm³/mol. The Labute approximate surface area is 92.0 Å². The van der Waals surface area contributed by atoms with Gasteiger partial charge < -0.3 is 0 Å². The van der Waals surface area contributed by atoms with Gasteiger partial charge in [0.05, 0.1) is 11.4 Å². The minimum Gasteiger partial charge on any atom is -0.257 e. The molecule has 3 nitrogen and oxygen atoms in total. The van der Waals surface area contributed by atoms with Gasteiger partial charge in [-0.05, 0) is 26.8 Å². The second-order valence-electron chi connectivity index (χ2n) is 2.58. The molecule has 0 aliphatic rings. The number of aromatic nitrogens is 2. The van der Waals surface area contributed by atoms with Gasteiger partial charge in [-0.3, -0.25) is 4.99 Å². The van der Waals surface area contributed by atoms with Gasteiger partial charge in [0, 0.05) is 6.21 Å². The first-order chi connectivity index (χ1) is 7.29. The van der Waals surface area contributed by atoms with Crippen LogP contribution in [-0.2, 0) is 0 Å². The van der Waals surface area contributed by atoms with Gasteiger partial charge in [-0.1, -0.05) is 19.9 Å². The van der Waals surface area contributed by atoms with E-state index >= 15 is 0 Å². The van der Waals surface area contributed by atoms with Crippen LogP contribution < -0.4 is 0 Å². The Kier molecular flexibility index (Phi) is 7.06. The van der Waals surface area contributed by atoms with E-state index in [4.69, 9.17) is 0 Å². The van der Waals surface area contributed by atoms with Crippen molar-refractivity contribution >= 4 is 18.0 Å². The Morgan fingerprint density at radius 2 is 1.87 bits per heavy atom. The molecule has 0 saturated heterocycles. The van der Waals surface area contributed by atoms with E-state index in [1.807, 2.05) is 46.8 Å². The molecular formula is C12H19N3. The predicted octanol–water partition coefficient (Wildman–Crippen LogP) is 3.57. The molecule has 1 heterocycles. The zero-order valence-corrected chi connectivity index (χ0v) is 10.2. The Bertz CT molecular complexity index is 341. The first-order valence-corrected chi connectivity index (χ1v) is 5.22. The molecule has 0 aromatic carbocycles. The maximum Gasteiger partial charge on any atom is 0.116 e. The van der Waals surface area contributed by atoms with Crippen LogP contribution in [0.4, 0.5) is 5.69 Å². The highest BCUT2D eigenvalue weighted by Crippen LogP contribution is 2.20. The summed E-state index contributed by atoms with van der Waals surface area (Å²) in [5.41, 5.74) is 2.62. The number of rotatable bonds is 2. The summed E-state index contributed by atoms with van der Waals surface area (Å²) in [6.45, 7) is 9.76. The Hall–Kier alpha value is -1.51. The minimum absolute atomic E-state index is 0.850. The molecule has 0 N–H and O–H groups in total. The smallest absolute Gasteiger partial charge is 0.116 e. The molecule has 0 bridgehead atoms. The fraction of sp³-hybridized carbons (Fsp3) is 0.417. The molecule has 0 unspecified atom stereocenters. The second kappa shape index (κ2) is 7.85. The minimum atomic E-state index is 0.850. The molecule has 0 amide bonds. The number of allylic oxidation sites excluding steroid dienone is 1. The van der Waals surface area contributed by atoms with Gasteiger partial charge in [-0.2, -0.15) is 0 Å². The van der Waals surface area contributed by atoms with Crippen molar-refractivity contribution in [3.63, 3.8) is 0 Å². The fourth-order valence-electron chi connectivity index (χ4n) is 1.05. The average Bonchev–Trinajstić information content (AvgIpc) is 2.26. The molecule has 1 aromatic heterocycles. The number of hydrogen-bond acceptors (Lipinski definition) is 3. The van der Waals surface area contributed by atoms with Crippen LogP contribution in [0.5, 0.6) is 0 Å². The zero-order valence-electron chi connectivity index (χ0n) is 10.2. The summed E-state index contributed by atoms with van der Waals surface area (Å²) in [5.74, 6) is 0.